The molecule has 1 aromatic carbocycles. The van der Waals surface area contributed by atoms with E-state index in [1.54, 1.807) is 42.8 Å². The van der Waals surface area contributed by atoms with Crippen LogP contribution in [0.3, 0.4) is 0 Å². The normalized spacial score (nSPS) is 10.4. The van der Waals surface area contributed by atoms with Crippen LogP contribution in [0.5, 0.6) is 0 Å². The van der Waals surface area contributed by atoms with Crippen LogP contribution in [0.25, 0.3) is 11.1 Å². The van der Waals surface area contributed by atoms with Crippen molar-refractivity contribution in [3.63, 3.8) is 0 Å². The number of aromatic nitrogens is 1. The second-order valence-corrected chi connectivity index (χ2v) is 6.16. The molecule has 0 aliphatic carbocycles. The maximum atomic E-state index is 13.2. The Bertz CT molecular complexity index is 924. The Hall–Kier alpha value is -3.06. The number of carbonyl (C=O) groups is 2. The number of halogens is 1. The van der Waals surface area contributed by atoms with Gasteiger partial charge in [-0.2, -0.15) is 0 Å². The summed E-state index contributed by atoms with van der Waals surface area (Å²) in [7, 11) is 0. The average molecular weight is 370 g/mol. The van der Waals surface area contributed by atoms with Crippen LogP contribution in [0.4, 0.5) is 9.39 Å². The predicted octanol–water partition coefficient (Wildman–Crippen LogP) is 4.38. The van der Waals surface area contributed by atoms with Gasteiger partial charge in [-0.3, -0.25) is 9.78 Å². The Kier molecular flexibility index (Phi) is 5.38. The molecule has 1 amide bonds. The third-order valence-corrected chi connectivity index (χ3v) is 4.47. The maximum Gasteiger partial charge on any atom is 0.341 e. The van der Waals surface area contributed by atoms with Gasteiger partial charge in [0, 0.05) is 23.3 Å². The SMILES string of the molecule is CCOC(=O)c1c(-c2ccc(F)cc2)csc1NC(=O)c1cccnc1. The van der Waals surface area contributed by atoms with Crippen molar-refractivity contribution in [3.05, 3.63) is 71.1 Å². The number of anilines is 1. The highest BCUT2D eigenvalue weighted by atomic mass is 32.1. The van der Waals surface area contributed by atoms with E-state index in [9.17, 15) is 14.0 Å². The van der Waals surface area contributed by atoms with E-state index in [0.717, 1.165) is 0 Å². The average Bonchev–Trinajstić information content (AvgIpc) is 3.07. The fourth-order valence-corrected chi connectivity index (χ4v) is 3.32. The number of nitrogens with zero attached hydrogens (tertiary/aromatic N) is 1. The maximum absolute atomic E-state index is 13.2. The van der Waals surface area contributed by atoms with E-state index in [-0.39, 0.29) is 23.9 Å². The molecule has 0 aliphatic rings. The van der Waals surface area contributed by atoms with Crippen LogP contribution in [-0.4, -0.2) is 23.5 Å². The summed E-state index contributed by atoms with van der Waals surface area (Å²) in [6, 6.07) is 9.06. The molecule has 7 heteroatoms. The van der Waals surface area contributed by atoms with Crippen molar-refractivity contribution < 1.29 is 18.7 Å². The second kappa shape index (κ2) is 7.88. The topological polar surface area (TPSA) is 68.3 Å². The van der Waals surface area contributed by atoms with Gasteiger partial charge in [0.2, 0.25) is 0 Å². The van der Waals surface area contributed by atoms with Crippen LogP contribution in [0, 0.1) is 5.82 Å². The first-order chi connectivity index (χ1) is 12.6. The molecule has 0 unspecified atom stereocenters. The van der Waals surface area contributed by atoms with Crippen LogP contribution in [0.15, 0.2) is 54.2 Å². The summed E-state index contributed by atoms with van der Waals surface area (Å²) in [4.78, 5) is 28.8. The summed E-state index contributed by atoms with van der Waals surface area (Å²) in [5.41, 5.74) is 1.86. The van der Waals surface area contributed by atoms with Gasteiger partial charge in [-0.05, 0) is 36.8 Å². The van der Waals surface area contributed by atoms with Gasteiger partial charge in [0.05, 0.1) is 12.2 Å². The lowest BCUT2D eigenvalue weighted by molar-refractivity contribution is 0.0529. The molecular formula is C19H15FN2O3S. The zero-order chi connectivity index (χ0) is 18.5. The number of carbonyl (C=O) groups excluding carboxylic acids is 2. The molecule has 0 radical (unpaired) electrons. The number of pyridine rings is 1. The summed E-state index contributed by atoms with van der Waals surface area (Å²) in [6.45, 7) is 1.91. The minimum absolute atomic E-state index is 0.202. The number of thiophene rings is 1. The number of rotatable bonds is 5. The molecule has 0 saturated carbocycles. The van der Waals surface area contributed by atoms with Gasteiger partial charge in [0.1, 0.15) is 16.4 Å². The summed E-state index contributed by atoms with van der Waals surface area (Å²) in [6.07, 6.45) is 3.01. The Morgan fingerprint density at radius 1 is 1.23 bits per heavy atom. The first kappa shape index (κ1) is 17.8. The van der Waals surface area contributed by atoms with Crippen molar-refractivity contribution in [1.82, 2.24) is 4.98 Å². The molecule has 0 bridgehead atoms. The van der Waals surface area contributed by atoms with Crippen LogP contribution in [0.1, 0.15) is 27.6 Å². The highest BCUT2D eigenvalue weighted by molar-refractivity contribution is 7.15. The number of hydrogen-bond acceptors (Lipinski definition) is 5. The van der Waals surface area contributed by atoms with Crippen LogP contribution in [0.2, 0.25) is 0 Å². The lowest BCUT2D eigenvalue weighted by Gasteiger charge is -2.09. The molecule has 5 nitrogen and oxygen atoms in total. The fraction of sp³-hybridized carbons (Fsp3) is 0.105. The standard InChI is InChI=1S/C19H15FN2O3S/c1-2-25-19(24)16-15(12-5-7-14(20)8-6-12)11-26-18(16)22-17(23)13-4-3-9-21-10-13/h3-11H,2H2,1H3,(H,22,23). The highest BCUT2D eigenvalue weighted by Crippen LogP contribution is 2.36. The van der Waals surface area contributed by atoms with Gasteiger partial charge < -0.3 is 10.1 Å². The number of benzene rings is 1. The van der Waals surface area contributed by atoms with E-state index < -0.39 is 5.97 Å². The molecule has 3 rings (SSSR count). The summed E-state index contributed by atoms with van der Waals surface area (Å²) in [5.74, 6) is -1.29. The molecule has 0 saturated heterocycles. The van der Waals surface area contributed by atoms with Gasteiger partial charge in [0.25, 0.3) is 5.91 Å². The van der Waals surface area contributed by atoms with E-state index in [1.807, 2.05) is 0 Å². The Balaban J connectivity index is 1.98. The van der Waals surface area contributed by atoms with Crippen molar-refractivity contribution in [2.45, 2.75) is 6.92 Å². The third kappa shape index (κ3) is 3.78. The van der Waals surface area contributed by atoms with E-state index in [4.69, 9.17) is 4.74 Å². The lowest BCUT2D eigenvalue weighted by atomic mass is 10.0. The minimum atomic E-state index is -0.547. The summed E-state index contributed by atoms with van der Waals surface area (Å²) < 4.78 is 18.3. The highest BCUT2D eigenvalue weighted by Gasteiger charge is 2.23. The smallest absolute Gasteiger partial charge is 0.341 e. The zero-order valence-corrected chi connectivity index (χ0v) is 14.7. The molecule has 2 heterocycles. The molecule has 1 N–H and O–H groups in total. The van der Waals surface area contributed by atoms with Crippen molar-refractivity contribution in [3.8, 4) is 11.1 Å². The molecule has 26 heavy (non-hydrogen) atoms. The quantitative estimate of drug-likeness (QED) is 0.677. The molecular weight excluding hydrogens is 355 g/mol. The van der Waals surface area contributed by atoms with Crippen molar-refractivity contribution in [2.75, 3.05) is 11.9 Å². The van der Waals surface area contributed by atoms with E-state index in [0.29, 0.717) is 21.7 Å². The predicted molar refractivity (Wildman–Crippen MR) is 97.9 cm³/mol. The van der Waals surface area contributed by atoms with Gasteiger partial charge in [-0.1, -0.05) is 12.1 Å². The Labute approximate surface area is 153 Å². The number of amides is 1. The number of esters is 1. The summed E-state index contributed by atoms with van der Waals surface area (Å²) >= 11 is 1.21. The first-order valence-electron chi connectivity index (χ1n) is 7.86. The zero-order valence-electron chi connectivity index (χ0n) is 13.9. The van der Waals surface area contributed by atoms with Crippen LogP contribution in [-0.2, 0) is 4.74 Å². The molecule has 2 aromatic heterocycles. The van der Waals surface area contributed by atoms with Gasteiger partial charge in [-0.25, -0.2) is 9.18 Å². The fourth-order valence-electron chi connectivity index (χ4n) is 2.37. The monoisotopic (exact) mass is 370 g/mol. The van der Waals surface area contributed by atoms with E-state index in [1.165, 1.54) is 29.7 Å². The van der Waals surface area contributed by atoms with Gasteiger partial charge in [0.15, 0.2) is 0 Å². The number of hydrogen-bond donors (Lipinski definition) is 1. The largest absolute Gasteiger partial charge is 0.462 e. The van der Waals surface area contributed by atoms with Crippen molar-refractivity contribution >= 4 is 28.2 Å². The van der Waals surface area contributed by atoms with Crippen molar-refractivity contribution in [1.29, 1.82) is 0 Å². The van der Waals surface area contributed by atoms with E-state index >= 15 is 0 Å². The summed E-state index contributed by atoms with van der Waals surface area (Å²) in [5, 5.41) is 4.84. The third-order valence-electron chi connectivity index (χ3n) is 3.58. The lowest BCUT2D eigenvalue weighted by Crippen LogP contribution is -2.15. The second-order valence-electron chi connectivity index (χ2n) is 5.28. The molecule has 0 atom stereocenters. The number of nitrogens with one attached hydrogen (secondary N) is 1. The molecule has 0 spiro atoms. The molecule has 0 fully saturated rings. The first-order valence-corrected chi connectivity index (χ1v) is 8.74. The molecule has 3 aromatic rings. The van der Waals surface area contributed by atoms with Gasteiger partial charge in [-0.15, -0.1) is 11.3 Å². The van der Waals surface area contributed by atoms with E-state index in [2.05, 4.69) is 10.3 Å². The minimum Gasteiger partial charge on any atom is -0.462 e. The van der Waals surface area contributed by atoms with Gasteiger partial charge >= 0.3 is 5.97 Å². The van der Waals surface area contributed by atoms with Crippen molar-refractivity contribution in [2.24, 2.45) is 0 Å². The Morgan fingerprint density at radius 3 is 2.65 bits per heavy atom. The molecule has 0 aliphatic heterocycles. The molecule has 132 valence electrons. The van der Waals surface area contributed by atoms with Crippen LogP contribution >= 0.6 is 11.3 Å². The Morgan fingerprint density at radius 2 is 2.00 bits per heavy atom. The van der Waals surface area contributed by atoms with Crippen LogP contribution < -0.4 is 5.32 Å². The number of ether oxygens (including phenoxy) is 1.